The van der Waals surface area contributed by atoms with E-state index >= 15 is 0 Å². The predicted octanol–water partition coefficient (Wildman–Crippen LogP) is 4.58. The third-order valence-electron chi connectivity index (χ3n) is 5.33. The molecule has 3 aromatic rings. The van der Waals surface area contributed by atoms with E-state index in [9.17, 15) is 9.59 Å². The molecule has 0 spiro atoms. The molecule has 2 heterocycles. The summed E-state index contributed by atoms with van der Waals surface area (Å²) >= 11 is 3.48. The Morgan fingerprint density at radius 2 is 1.88 bits per heavy atom. The van der Waals surface area contributed by atoms with Gasteiger partial charge in [-0.2, -0.15) is 0 Å². The van der Waals surface area contributed by atoms with Crippen LogP contribution in [-0.4, -0.2) is 29.1 Å². The normalized spacial score (nSPS) is 13.2. The number of fused-ring (bicyclic) bond motifs is 1. The van der Waals surface area contributed by atoms with Gasteiger partial charge in [0.2, 0.25) is 11.8 Å². The molecule has 2 aromatic carbocycles. The molecule has 1 aliphatic heterocycles. The van der Waals surface area contributed by atoms with Crippen LogP contribution in [0.25, 0.3) is 0 Å². The largest absolute Gasteiger partial charge is 0.350 e. The number of aromatic nitrogens is 1. The second-order valence-corrected chi connectivity index (χ2v) is 8.33. The highest BCUT2D eigenvalue weighted by Gasteiger charge is 2.27. The van der Waals surface area contributed by atoms with Crippen LogP contribution in [0.1, 0.15) is 30.0 Å². The monoisotopic (exact) mass is 490 g/mol. The van der Waals surface area contributed by atoms with Crippen LogP contribution in [0, 0.1) is 0 Å². The highest BCUT2D eigenvalue weighted by Crippen LogP contribution is 2.30. The average molecular weight is 491 g/mol. The zero-order chi connectivity index (χ0) is 22.5. The summed E-state index contributed by atoms with van der Waals surface area (Å²) in [5.74, 6) is -0.0769. The number of amides is 2. The van der Waals surface area contributed by atoms with Crippen LogP contribution in [0.4, 0.5) is 11.5 Å². The summed E-state index contributed by atoms with van der Waals surface area (Å²) in [6.45, 7) is 2.34. The minimum atomic E-state index is -0.263. The number of carbonyl (C=O) groups is 2. The van der Waals surface area contributed by atoms with Gasteiger partial charge in [-0.1, -0.05) is 65.3 Å². The summed E-state index contributed by atoms with van der Waals surface area (Å²) in [6.07, 6.45) is 2.65. The Kier molecular flexibility index (Phi) is 6.75. The zero-order valence-electron chi connectivity index (χ0n) is 17.7. The third-order valence-corrected chi connectivity index (χ3v) is 6.10. The van der Waals surface area contributed by atoms with Crippen LogP contribution < -0.4 is 10.2 Å². The number of benzene rings is 2. The lowest BCUT2D eigenvalue weighted by atomic mass is 10.0. The van der Waals surface area contributed by atoms with Gasteiger partial charge in [-0.05, 0) is 41.3 Å². The van der Waals surface area contributed by atoms with Crippen LogP contribution in [0.3, 0.4) is 0 Å². The molecule has 1 aromatic heterocycles. The Morgan fingerprint density at radius 3 is 2.62 bits per heavy atom. The van der Waals surface area contributed by atoms with Gasteiger partial charge in [0, 0.05) is 17.2 Å². The topological polar surface area (TPSA) is 74.7 Å². The Balaban J connectivity index is 1.54. The molecule has 7 heteroatoms. The van der Waals surface area contributed by atoms with Crippen LogP contribution in [-0.2, 0) is 22.6 Å². The van der Waals surface area contributed by atoms with Gasteiger partial charge in [-0.15, -0.1) is 0 Å². The number of pyridine rings is 1. The molecule has 0 saturated heterocycles. The SMILES string of the molecule is CCc1ccc(C2=Nc3cccnc3N(CC(=O)NCc3ccccc3Br)C(=O)C2)cc1. The maximum atomic E-state index is 13.2. The Bertz CT molecular complexity index is 1170. The van der Waals surface area contributed by atoms with Crippen molar-refractivity contribution in [1.29, 1.82) is 0 Å². The van der Waals surface area contributed by atoms with E-state index in [0.29, 0.717) is 23.8 Å². The maximum absolute atomic E-state index is 13.2. The van der Waals surface area contributed by atoms with Crippen LogP contribution in [0.2, 0.25) is 0 Å². The molecule has 4 rings (SSSR count). The quantitative estimate of drug-likeness (QED) is 0.549. The minimum Gasteiger partial charge on any atom is -0.350 e. The number of aliphatic imine (C=N–C) groups is 1. The number of rotatable bonds is 6. The zero-order valence-corrected chi connectivity index (χ0v) is 19.3. The summed E-state index contributed by atoms with van der Waals surface area (Å²) in [4.78, 5) is 36.4. The molecule has 32 heavy (non-hydrogen) atoms. The number of hydrogen-bond acceptors (Lipinski definition) is 4. The van der Waals surface area contributed by atoms with Crippen molar-refractivity contribution < 1.29 is 9.59 Å². The highest BCUT2D eigenvalue weighted by molar-refractivity contribution is 9.10. The van der Waals surface area contributed by atoms with Crippen LogP contribution >= 0.6 is 15.9 Å². The van der Waals surface area contributed by atoms with Crippen LogP contribution in [0.15, 0.2) is 76.3 Å². The van der Waals surface area contributed by atoms with E-state index in [1.807, 2.05) is 54.6 Å². The molecule has 2 amide bonds. The van der Waals surface area contributed by atoms with Gasteiger partial charge < -0.3 is 5.32 Å². The fourth-order valence-electron chi connectivity index (χ4n) is 3.52. The molecule has 0 atom stereocenters. The van der Waals surface area contributed by atoms with E-state index < -0.39 is 0 Å². The number of carbonyl (C=O) groups excluding carboxylic acids is 2. The third kappa shape index (κ3) is 4.94. The molecule has 0 radical (unpaired) electrons. The van der Waals surface area contributed by atoms with E-state index in [2.05, 4.69) is 33.2 Å². The first-order valence-electron chi connectivity index (χ1n) is 10.5. The van der Waals surface area contributed by atoms with Crippen molar-refractivity contribution in [3.63, 3.8) is 0 Å². The molecule has 6 nitrogen and oxygen atoms in total. The van der Waals surface area contributed by atoms with E-state index in [4.69, 9.17) is 4.99 Å². The number of hydrogen-bond donors (Lipinski definition) is 1. The summed E-state index contributed by atoms with van der Waals surface area (Å²) in [7, 11) is 0. The predicted molar refractivity (Wildman–Crippen MR) is 129 cm³/mol. The lowest BCUT2D eigenvalue weighted by molar-refractivity contribution is -0.123. The van der Waals surface area contributed by atoms with Gasteiger partial charge >= 0.3 is 0 Å². The van der Waals surface area contributed by atoms with Crippen molar-refractivity contribution in [3.8, 4) is 0 Å². The first-order chi connectivity index (χ1) is 15.5. The number of aryl methyl sites for hydroxylation is 1. The number of halogens is 1. The van der Waals surface area contributed by atoms with E-state index in [-0.39, 0.29) is 24.8 Å². The molecule has 1 N–H and O–H groups in total. The molecular weight excluding hydrogens is 468 g/mol. The van der Waals surface area contributed by atoms with Crippen molar-refractivity contribution in [3.05, 3.63) is 88.0 Å². The number of nitrogens with zero attached hydrogens (tertiary/aromatic N) is 3. The van der Waals surface area contributed by atoms with Gasteiger partial charge in [0.1, 0.15) is 12.2 Å². The van der Waals surface area contributed by atoms with Crippen molar-refractivity contribution >= 4 is 45.0 Å². The molecule has 162 valence electrons. The van der Waals surface area contributed by atoms with Crippen molar-refractivity contribution in [2.75, 3.05) is 11.4 Å². The van der Waals surface area contributed by atoms with E-state index in [0.717, 1.165) is 22.0 Å². The van der Waals surface area contributed by atoms with Crippen LogP contribution in [0.5, 0.6) is 0 Å². The Hall–Kier alpha value is -3.32. The Labute approximate surface area is 195 Å². The van der Waals surface area contributed by atoms with E-state index in [1.165, 1.54) is 10.5 Å². The molecule has 0 aliphatic carbocycles. The van der Waals surface area contributed by atoms with E-state index in [1.54, 1.807) is 12.3 Å². The number of nitrogens with one attached hydrogen (secondary N) is 1. The van der Waals surface area contributed by atoms with Gasteiger partial charge in [0.15, 0.2) is 5.82 Å². The summed E-state index contributed by atoms with van der Waals surface area (Å²) < 4.78 is 0.922. The van der Waals surface area contributed by atoms with Gasteiger partial charge in [0.05, 0.1) is 12.1 Å². The second-order valence-electron chi connectivity index (χ2n) is 7.48. The first-order valence-corrected chi connectivity index (χ1v) is 11.3. The summed E-state index contributed by atoms with van der Waals surface area (Å²) in [6, 6.07) is 19.3. The second kappa shape index (κ2) is 9.87. The van der Waals surface area contributed by atoms with Crippen molar-refractivity contribution in [2.45, 2.75) is 26.3 Å². The molecule has 0 bridgehead atoms. The highest BCUT2D eigenvalue weighted by atomic mass is 79.9. The summed E-state index contributed by atoms with van der Waals surface area (Å²) in [5, 5.41) is 2.89. The lowest BCUT2D eigenvalue weighted by Gasteiger charge is -2.20. The molecule has 0 fully saturated rings. The first kappa shape index (κ1) is 21.9. The Morgan fingerprint density at radius 1 is 1.09 bits per heavy atom. The fraction of sp³-hybridized carbons (Fsp3) is 0.200. The van der Waals surface area contributed by atoms with Gasteiger partial charge in [0.25, 0.3) is 0 Å². The molecule has 1 aliphatic rings. The molecular formula is C25H23BrN4O2. The smallest absolute Gasteiger partial charge is 0.240 e. The molecule has 0 unspecified atom stereocenters. The lowest BCUT2D eigenvalue weighted by Crippen LogP contribution is -2.41. The fourth-order valence-corrected chi connectivity index (χ4v) is 3.95. The summed E-state index contributed by atoms with van der Waals surface area (Å²) in [5.41, 5.74) is 4.32. The van der Waals surface area contributed by atoms with Crippen molar-refractivity contribution in [1.82, 2.24) is 10.3 Å². The average Bonchev–Trinajstić information content (AvgIpc) is 2.95. The van der Waals surface area contributed by atoms with Gasteiger partial charge in [-0.25, -0.2) is 9.98 Å². The minimum absolute atomic E-state index is 0.0966. The van der Waals surface area contributed by atoms with Crippen molar-refractivity contribution in [2.24, 2.45) is 4.99 Å². The van der Waals surface area contributed by atoms with Gasteiger partial charge in [-0.3, -0.25) is 14.5 Å². The maximum Gasteiger partial charge on any atom is 0.240 e. The molecule has 0 saturated carbocycles. The number of anilines is 1. The standard InChI is InChI=1S/C25H23BrN4O2/c1-2-17-9-11-18(12-10-17)22-14-24(32)30(25-21(29-22)8-5-13-27-25)16-23(31)28-15-19-6-3-4-7-20(19)26/h3-13H,2,14-16H2,1H3,(H,28,31).